The number of alkyl halides is 3. The minimum absolute atomic E-state index is 0.00828. The van der Waals surface area contributed by atoms with Crippen LogP contribution in [0.2, 0.25) is 0 Å². The van der Waals surface area contributed by atoms with E-state index in [-0.39, 0.29) is 18.1 Å². The first-order chi connectivity index (χ1) is 14.6. The van der Waals surface area contributed by atoms with Gasteiger partial charge in [0.2, 0.25) is 12.2 Å². The molecule has 0 radical (unpaired) electrons. The van der Waals surface area contributed by atoms with Gasteiger partial charge in [-0.05, 0) is 49.4 Å². The number of hydrogen-bond donors (Lipinski definition) is 2. The molecule has 0 aliphatic carbocycles. The fraction of sp³-hybridized carbons (Fsp3) is 0.263. The van der Waals surface area contributed by atoms with Gasteiger partial charge in [0.25, 0.3) is 0 Å². The van der Waals surface area contributed by atoms with E-state index in [0.29, 0.717) is 17.1 Å². The molecule has 2 amide bonds. The number of thiol groups is 1. The third-order valence-corrected chi connectivity index (χ3v) is 4.78. The maximum atomic E-state index is 12.7. The zero-order valence-corrected chi connectivity index (χ0v) is 18.5. The summed E-state index contributed by atoms with van der Waals surface area (Å²) in [6, 6.07) is 9.41. The first kappa shape index (κ1) is 23.2. The number of benzene rings is 2. The van der Waals surface area contributed by atoms with E-state index in [4.69, 9.17) is 9.47 Å². The van der Waals surface area contributed by atoms with Crippen LogP contribution in [0.15, 0.2) is 56.9 Å². The van der Waals surface area contributed by atoms with Gasteiger partial charge in [0.15, 0.2) is 0 Å². The highest BCUT2D eigenvalue weighted by Crippen LogP contribution is 2.26. The van der Waals surface area contributed by atoms with Crippen LogP contribution in [0.25, 0.3) is 0 Å². The fourth-order valence-electron chi connectivity index (χ4n) is 2.60. The molecular weight excluding hydrogens is 503 g/mol. The van der Waals surface area contributed by atoms with Crippen molar-refractivity contribution in [2.24, 2.45) is 5.10 Å². The number of hydrogen-bond acceptors (Lipinski definition) is 6. The number of nitrogens with zero attached hydrogens (tertiary/aromatic N) is 2. The molecule has 1 heterocycles. The Kier molecular flexibility index (Phi) is 7.34. The molecule has 1 N–H and O–H groups in total. The average Bonchev–Trinajstić information content (AvgIpc) is 2.70. The fourth-order valence-corrected chi connectivity index (χ4v) is 3.20. The van der Waals surface area contributed by atoms with E-state index >= 15 is 0 Å². The lowest BCUT2D eigenvalue weighted by Crippen LogP contribution is -2.44. The molecule has 0 bridgehead atoms. The minimum atomic E-state index is -4.80. The highest BCUT2D eigenvalue weighted by molar-refractivity contribution is 9.10. The van der Waals surface area contributed by atoms with E-state index in [1.165, 1.54) is 12.1 Å². The molecule has 1 unspecified atom stereocenters. The topological polar surface area (TPSA) is 72.4 Å². The number of rotatable bonds is 5. The summed E-state index contributed by atoms with van der Waals surface area (Å²) in [6.45, 7) is 2.14. The molecule has 12 heteroatoms. The predicted molar refractivity (Wildman–Crippen MR) is 113 cm³/mol. The van der Waals surface area contributed by atoms with Gasteiger partial charge in [-0.25, -0.2) is 9.80 Å². The average molecular weight is 520 g/mol. The van der Waals surface area contributed by atoms with Gasteiger partial charge in [0, 0.05) is 21.7 Å². The predicted octanol–water partition coefficient (Wildman–Crippen LogP) is 5.22. The van der Waals surface area contributed by atoms with Gasteiger partial charge in [-0.3, -0.25) is 0 Å². The summed E-state index contributed by atoms with van der Waals surface area (Å²) in [5.41, 5.74) is 0.807. The Bertz CT molecular complexity index is 973. The number of urea groups is 1. The SMILES string of the molecule is CCOC1CN(C(=O)Nc2ccc(OC(F)(F)F)cc2)N=C(c2cc(Br)ccc2S)O1. The van der Waals surface area contributed by atoms with E-state index in [9.17, 15) is 18.0 Å². The maximum absolute atomic E-state index is 12.7. The van der Waals surface area contributed by atoms with E-state index in [1.807, 2.05) is 0 Å². The monoisotopic (exact) mass is 519 g/mol. The third-order valence-electron chi connectivity index (χ3n) is 3.89. The van der Waals surface area contributed by atoms with Crippen molar-refractivity contribution in [2.45, 2.75) is 24.5 Å². The van der Waals surface area contributed by atoms with Crippen LogP contribution in [-0.4, -0.2) is 42.7 Å². The molecule has 2 aromatic carbocycles. The number of ether oxygens (including phenoxy) is 3. The largest absolute Gasteiger partial charge is 0.573 e. The number of halogens is 4. The summed E-state index contributed by atoms with van der Waals surface area (Å²) in [5.74, 6) is -0.260. The molecule has 166 valence electrons. The Morgan fingerprint density at radius 3 is 2.68 bits per heavy atom. The van der Waals surface area contributed by atoms with Crippen molar-refractivity contribution in [2.75, 3.05) is 18.5 Å². The van der Waals surface area contributed by atoms with Gasteiger partial charge in [0.05, 0.1) is 5.56 Å². The lowest BCUT2D eigenvalue weighted by atomic mass is 10.2. The van der Waals surface area contributed by atoms with Crippen molar-refractivity contribution < 1.29 is 32.2 Å². The van der Waals surface area contributed by atoms with E-state index in [2.05, 4.69) is 43.7 Å². The van der Waals surface area contributed by atoms with Crippen LogP contribution < -0.4 is 10.1 Å². The van der Waals surface area contributed by atoms with Gasteiger partial charge < -0.3 is 19.5 Å². The molecule has 0 aromatic heterocycles. The van der Waals surface area contributed by atoms with E-state index < -0.39 is 24.4 Å². The Balaban J connectivity index is 1.79. The Morgan fingerprint density at radius 1 is 1.32 bits per heavy atom. The quantitative estimate of drug-likeness (QED) is 0.531. The van der Waals surface area contributed by atoms with Gasteiger partial charge in [-0.2, -0.15) is 0 Å². The Morgan fingerprint density at radius 2 is 2.03 bits per heavy atom. The molecule has 0 spiro atoms. The third kappa shape index (κ3) is 6.52. The van der Waals surface area contributed by atoms with Crippen molar-refractivity contribution in [3.8, 4) is 5.75 Å². The van der Waals surface area contributed by atoms with E-state index in [1.54, 1.807) is 25.1 Å². The number of nitrogens with one attached hydrogen (secondary N) is 1. The lowest BCUT2D eigenvalue weighted by Gasteiger charge is -2.30. The molecule has 1 atom stereocenters. The summed E-state index contributed by atoms with van der Waals surface area (Å²) in [6.07, 6.45) is -5.56. The van der Waals surface area contributed by atoms with Gasteiger partial charge in [0.1, 0.15) is 12.3 Å². The Hall–Kier alpha value is -2.44. The summed E-state index contributed by atoms with van der Waals surface area (Å²) in [4.78, 5) is 13.3. The van der Waals surface area contributed by atoms with Crippen LogP contribution >= 0.6 is 28.6 Å². The van der Waals surface area contributed by atoms with Crippen LogP contribution in [0, 0.1) is 0 Å². The van der Waals surface area contributed by atoms with Crippen LogP contribution in [0.4, 0.5) is 23.7 Å². The second-order valence-electron chi connectivity index (χ2n) is 6.15. The molecule has 0 fully saturated rings. The van der Waals surface area contributed by atoms with Crippen molar-refractivity contribution in [3.63, 3.8) is 0 Å². The minimum Gasteiger partial charge on any atom is -0.444 e. The maximum Gasteiger partial charge on any atom is 0.573 e. The molecule has 0 saturated carbocycles. The molecule has 2 aromatic rings. The second-order valence-corrected chi connectivity index (χ2v) is 7.55. The Labute approximate surface area is 189 Å². The zero-order valence-electron chi connectivity index (χ0n) is 16.0. The standard InChI is InChI=1S/C19H17BrF3N3O4S/c1-2-28-16-10-26(25-17(29-16)14-9-11(20)3-8-15(14)31)18(27)24-12-4-6-13(7-5-12)30-19(21,22)23/h3-9,16,31H,2,10H2,1H3,(H,24,27). The molecule has 7 nitrogen and oxygen atoms in total. The normalized spacial score (nSPS) is 16.4. The van der Waals surface area contributed by atoms with Gasteiger partial charge in [-0.1, -0.05) is 15.9 Å². The second kappa shape index (κ2) is 9.79. The summed E-state index contributed by atoms with van der Waals surface area (Å²) in [7, 11) is 0. The highest BCUT2D eigenvalue weighted by atomic mass is 79.9. The van der Waals surface area contributed by atoms with Crippen LogP contribution in [0.5, 0.6) is 5.75 Å². The lowest BCUT2D eigenvalue weighted by molar-refractivity contribution is -0.274. The number of hydrazone groups is 1. The van der Waals surface area contributed by atoms with Crippen molar-refractivity contribution >= 4 is 46.2 Å². The summed E-state index contributed by atoms with van der Waals surface area (Å²) >= 11 is 7.78. The van der Waals surface area contributed by atoms with Crippen LogP contribution in [0.3, 0.4) is 0 Å². The number of carbonyl (C=O) groups excluding carboxylic acids is 1. The first-order valence-corrected chi connectivity index (χ1v) is 10.2. The zero-order chi connectivity index (χ0) is 22.6. The van der Waals surface area contributed by atoms with Gasteiger partial charge in [-0.15, -0.1) is 30.9 Å². The number of carbonyl (C=O) groups is 1. The molecule has 1 aliphatic heterocycles. The smallest absolute Gasteiger partial charge is 0.444 e. The van der Waals surface area contributed by atoms with Crippen molar-refractivity contribution in [1.29, 1.82) is 0 Å². The molecule has 1 aliphatic rings. The van der Waals surface area contributed by atoms with Crippen LogP contribution in [0.1, 0.15) is 12.5 Å². The summed E-state index contributed by atoms with van der Waals surface area (Å²) < 4.78 is 52.7. The molecule has 31 heavy (non-hydrogen) atoms. The molecule has 3 rings (SSSR count). The number of amides is 2. The van der Waals surface area contributed by atoms with Gasteiger partial charge >= 0.3 is 12.4 Å². The van der Waals surface area contributed by atoms with E-state index in [0.717, 1.165) is 21.6 Å². The van der Waals surface area contributed by atoms with Crippen LogP contribution in [-0.2, 0) is 9.47 Å². The van der Waals surface area contributed by atoms with Crippen molar-refractivity contribution in [1.82, 2.24) is 5.01 Å². The summed E-state index contributed by atoms with van der Waals surface area (Å²) in [5, 5.41) is 7.93. The highest BCUT2D eigenvalue weighted by Gasteiger charge is 2.31. The molecular formula is C19H17BrF3N3O4S. The number of anilines is 1. The molecule has 0 saturated heterocycles. The van der Waals surface area contributed by atoms with Crippen molar-refractivity contribution in [3.05, 3.63) is 52.5 Å². The first-order valence-electron chi connectivity index (χ1n) is 8.94.